The van der Waals surface area contributed by atoms with Crippen molar-refractivity contribution in [2.75, 3.05) is 13.7 Å². The van der Waals surface area contributed by atoms with E-state index in [1.165, 1.54) is 5.56 Å². The highest BCUT2D eigenvalue weighted by Crippen LogP contribution is 2.27. The Morgan fingerprint density at radius 3 is 2.48 bits per heavy atom. The number of carbonyl (C=O) groups is 2. The van der Waals surface area contributed by atoms with Crippen molar-refractivity contribution >= 4 is 22.7 Å². The summed E-state index contributed by atoms with van der Waals surface area (Å²) in [5.74, 6) is -0.853. The van der Waals surface area contributed by atoms with Gasteiger partial charge in [-0.25, -0.2) is 4.79 Å². The molecule has 0 saturated heterocycles. The quantitative estimate of drug-likeness (QED) is 0.431. The highest BCUT2D eigenvalue weighted by atomic mass is 16.5. The largest absolute Gasteiger partial charge is 0.451 e. The molecule has 0 radical (unpaired) electrons. The number of furan rings is 1. The van der Waals surface area contributed by atoms with E-state index in [9.17, 15) is 9.59 Å². The number of esters is 1. The lowest BCUT2D eigenvalue weighted by atomic mass is 10.1. The summed E-state index contributed by atoms with van der Waals surface area (Å²) in [6, 6.07) is 14.7. The standard InChI is InChI=1S/C22H22O5/c1-3-6-15-9-11-16(12-10-15)19(23)14-26-22(24)21-18(13-25-2)17-7-4-5-8-20(17)27-21/h4-5,7-12H,3,6,13-14H2,1-2H3. The van der Waals surface area contributed by atoms with Gasteiger partial charge in [0.05, 0.1) is 6.61 Å². The molecule has 0 atom stereocenters. The zero-order valence-electron chi connectivity index (χ0n) is 15.5. The van der Waals surface area contributed by atoms with E-state index >= 15 is 0 Å². The molecule has 0 aliphatic heterocycles. The maximum Gasteiger partial charge on any atom is 0.375 e. The third-order valence-corrected chi connectivity index (χ3v) is 4.32. The Hall–Kier alpha value is -2.92. The summed E-state index contributed by atoms with van der Waals surface area (Å²) in [6.07, 6.45) is 2.02. The number of rotatable bonds is 8. The summed E-state index contributed by atoms with van der Waals surface area (Å²) in [5.41, 5.74) is 2.89. The van der Waals surface area contributed by atoms with E-state index in [1.54, 1.807) is 25.3 Å². The van der Waals surface area contributed by atoms with Crippen LogP contribution in [0.25, 0.3) is 11.0 Å². The molecule has 0 amide bonds. The van der Waals surface area contributed by atoms with Crippen molar-refractivity contribution in [3.05, 3.63) is 71.0 Å². The highest BCUT2D eigenvalue weighted by molar-refractivity contribution is 6.00. The second kappa shape index (κ2) is 8.64. The van der Waals surface area contributed by atoms with Crippen LogP contribution in [0.4, 0.5) is 0 Å². The van der Waals surface area contributed by atoms with Crippen molar-refractivity contribution in [3.63, 3.8) is 0 Å². The van der Waals surface area contributed by atoms with Crippen LogP contribution in [-0.4, -0.2) is 25.5 Å². The Kier molecular flexibility index (Phi) is 6.04. The Bertz CT molecular complexity index is 937. The molecule has 140 valence electrons. The Labute approximate surface area is 157 Å². The lowest BCUT2D eigenvalue weighted by Crippen LogP contribution is -2.15. The number of Topliss-reactive ketones (excluding diaryl/α,β-unsaturated/α-hetero) is 1. The number of carbonyl (C=O) groups excluding carboxylic acids is 2. The molecule has 0 aliphatic rings. The number of hydrogen-bond donors (Lipinski definition) is 0. The number of methoxy groups -OCH3 is 1. The van der Waals surface area contributed by atoms with Crippen LogP contribution in [0.15, 0.2) is 52.9 Å². The number of fused-ring (bicyclic) bond motifs is 1. The number of ketones is 1. The van der Waals surface area contributed by atoms with E-state index in [-0.39, 0.29) is 24.8 Å². The second-order valence-corrected chi connectivity index (χ2v) is 6.29. The molecule has 0 fully saturated rings. The van der Waals surface area contributed by atoms with Gasteiger partial charge in [0.1, 0.15) is 5.58 Å². The zero-order chi connectivity index (χ0) is 19.2. The molecule has 5 nitrogen and oxygen atoms in total. The van der Waals surface area contributed by atoms with Gasteiger partial charge in [0.2, 0.25) is 5.76 Å². The summed E-state index contributed by atoms with van der Waals surface area (Å²) < 4.78 is 16.0. The summed E-state index contributed by atoms with van der Waals surface area (Å²) >= 11 is 0. The van der Waals surface area contributed by atoms with Crippen molar-refractivity contribution in [3.8, 4) is 0 Å². The van der Waals surface area contributed by atoms with Crippen molar-refractivity contribution in [2.24, 2.45) is 0 Å². The fourth-order valence-corrected chi connectivity index (χ4v) is 2.98. The smallest absolute Gasteiger partial charge is 0.375 e. The number of para-hydroxylation sites is 1. The van der Waals surface area contributed by atoms with Gasteiger partial charge in [0, 0.05) is 23.6 Å². The van der Waals surface area contributed by atoms with Crippen LogP contribution < -0.4 is 0 Å². The van der Waals surface area contributed by atoms with E-state index in [0.29, 0.717) is 16.7 Å². The van der Waals surface area contributed by atoms with Gasteiger partial charge in [-0.1, -0.05) is 55.8 Å². The molecule has 0 bridgehead atoms. The van der Waals surface area contributed by atoms with Crippen LogP contribution in [0, 0.1) is 0 Å². The van der Waals surface area contributed by atoms with Crippen molar-refractivity contribution in [1.29, 1.82) is 0 Å². The summed E-state index contributed by atoms with van der Waals surface area (Å²) in [5, 5.41) is 0.795. The molecular formula is C22H22O5. The SMILES string of the molecule is CCCc1ccc(C(=O)COC(=O)c2oc3ccccc3c2COC)cc1. The van der Waals surface area contributed by atoms with E-state index in [0.717, 1.165) is 18.2 Å². The van der Waals surface area contributed by atoms with Crippen molar-refractivity contribution in [1.82, 2.24) is 0 Å². The third kappa shape index (κ3) is 4.26. The number of benzene rings is 2. The minimum atomic E-state index is -0.672. The van der Waals surface area contributed by atoms with Crippen LogP contribution in [0.1, 0.15) is 45.4 Å². The van der Waals surface area contributed by atoms with E-state index in [1.807, 2.05) is 30.3 Å². The molecule has 1 aromatic heterocycles. The average molecular weight is 366 g/mol. The lowest BCUT2D eigenvalue weighted by molar-refractivity contribution is 0.0441. The first-order valence-corrected chi connectivity index (χ1v) is 8.92. The first-order chi connectivity index (χ1) is 13.1. The molecule has 2 aromatic carbocycles. The molecule has 27 heavy (non-hydrogen) atoms. The molecular weight excluding hydrogens is 344 g/mol. The predicted molar refractivity (Wildman–Crippen MR) is 102 cm³/mol. The maximum atomic E-state index is 12.5. The molecule has 0 spiro atoms. The molecule has 0 saturated carbocycles. The lowest BCUT2D eigenvalue weighted by Gasteiger charge is -2.05. The van der Waals surface area contributed by atoms with Crippen LogP contribution in [0.5, 0.6) is 0 Å². The topological polar surface area (TPSA) is 65.7 Å². The van der Waals surface area contributed by atoms with Crippen LogP contribution >= 0.6 is 0 Å². The van der Waals surface area contributed by atoms with Gasteiger partial charge in [-0.05, 0) is 18.1 Å². The third-order valence-electron chi connectivity index (χ3n) is 4.32. The molecule has 5 heteroatoms. The number of hydrogen-bond acceptors (Lipinski definition) is 5. The van der Waals surface area contributed by atoms with Crippen molar-refractivity contribution in [2.45, 2.75) is 26.4 Å². The van der Waals surface area contributed by atoms with E-state index < -0.39 is 5.97 Å². The Morgan fingerprint density at radius 1 is 1.04 bits per heavy atom. The van der Waals surface area contributed by atoms with Crippen LogP contribution in [-0.2, 0) is 22.5 Å². The van der Waals surface area contributed by atoms with Gasteiger partial charge in [-0.3, -0.25) is 4.79 Å². The van der Waals surface area contributed by atoms with Crippen LogP contribution in [0.2, 0.25) is 0 Å². The number of ether oxygens (including phenoxy) is 2. The molecule has 0 unspecified atom stereocenters. The normalized spacial score (nSPS) is 10.9. The summed E-state index contributed by atoms with van der Waals surface area (Å²) in [7, 11) is 1.54. The second-order valence-electron chi connectivity index (χ2n) is 6.29. The first-order valence-electron chi connectivity index (χ1n) is 8.92. The van der Waals surface area contributed by atoms with Crippen LogP contribution in [0.3, 0.4) is 0 Å². The molecule has 0 aliphatic carbocycles. The van der Waals surface area contributed by atoms with Crippen molar-refractivity contribution < 1.29 is 23.5 Å². The predicted octanol–water partition coefficient (Wildman–Crippen LogP) is 4.57. The Balaban J connectivity index is 1.71. The van der Waals surface area contributed by atoms with Gasteiger partial charge in [0.15, 0.2) is 12.4 Å². The molecule has 1 heterocycles. The monoisotopic (exact) mass is 366 g/mol. The molecule has 0 N–H and O–H groups in total. The summed E-state index contributed by atoms with van der Waals surface area (Å²) in [4.78, 5) is 24.8. The van der Waals surface area contributed by atoms with Gasteiger partial charge < -0.3 is 13.9 Å². The van der Waals surface area contributed by atoms with E-state index in [4.69, 9.17) is 13.9 Å². The Morgan fingerprint density at radius 2 is 1.78 bits per heavy atom. The molecule has 3 aromatic rings. The van der Waals surface area contributed by atoms with Gasteiger partial charge in [-0.2, -0.15) is 0 Å². The van der Waals surface area contributed by atoms with Gasteiger partial charge in [-0.15, -0.1) is 0 Å². The number of aryl methyl sites for hydroxylation is 1. The fourth-order valence-electron chi connectivity index (χ4n) is 2.98. The molecule has 3 rings (SSSR count). The average Bonchev–Trinajstić information content (AvgIpc) is 3.06. The van der Waals surface area contributed by atoms with Gasteiger partial charge in [0.25, 0.3) is 0 Å². The fraction of sp³-hybridized carbons (Fsp3) is 0.273. The minimum absolute atomic E-state index is 0.0733. The minimum Gasteiger partial charge on any atom is -0.451 e. The maximum absolute atomic E-state index is 12.5. The highest BCUT2D eigenvalue weighted by Gasteiger charge is 2.22. The zero-order valence-corrected chi connectivity index (χ0v) is 15.5. The van der Waals surface area contributed by atoms with Gasteiger partial charge >= 0.3 is 5.97 Å². The first kappa shape index (κ1) is 18.9. The van der Waals surface area contributed by atoms with E-state index in [2.05, 4.69) is 6.92 Å². The summed E-state index contributed by atoms with van der Waals surface area (Å²) in [6.45, 7) is 1.98.